The number of hydrogen-bond donors (Lipinski definition) is 3. The second-order valence-corrected chi connectivity index (χ2v) is 17.7. The van der Waals surface area contributed by atoms with E-state index in [0.29, 0.717) is 32.1 Å². The van der Waals surface area contributed by atoms with Gasteiger partial charge in [-0.15, -0.1) is 0 Å². The SMILES string of the molecule is COC1CCCC(/C=C(\C)C2OC(O)C3CCCCN3C(=O)C(=O)C3(O)OC(C(OC)CC(C)C/C(C)=C/C(CC(C)=O)C(=O)CC(O)C2C)C(OC)CC3C)C1. The highest BCUT2D eigenvalue weighted by molar-refractivity contribution is 6.38. The molecule has 13 heteroatoms. The summed E-state index contributed by atoms with van der Waals surface area (Å²) < 4.78 is 30.1. The van der Waals surface area contributed by atoms with Gasteiger partial charge in [0.2, 0.25) is 5.79 Å². The van der Waals surface area contributed by atoms with Crippen molar-refractivity contribution < 1.29 is 58.2 Å². The van der Waals surface area contributed by atoms with E-state index < -0.39 is 78.1 Å². The van der Waals surface area contributed by atoms with Gasteiger partial charge in [0.1, 0.15) is 17.7 Å². The Balaban J connectivity index is 1.78. The Morgan fingerprint density at radius 1 is 0.930 bits per heavy atom. The summed E-state index contributed by atoms with van der Waals surface area (Å²) in [6.45, 7) is 10.8. The highest BCUT2D eigenvalue weighted by Crippen LogP contribution is 2.39. The third-order valence-electron chi connectivity index (χ3n) is 13.0. The molecule has 57 heavy (non-hydrogen) atoms. The summed E-state index contributed by atoms with van der Waals surface area (Å²) in [6.07, 6.45) is 4.50. The van der Waals surface area contributed by atoms with Crippen LogP contribution >= 0.6 is 0 Å². The lowest BCUT2D eigenvalue weighted by atomic mass is 9.82. The lowest BCUT2D eigenvalue weighted by molar-refractivity contribution is -0.302. The molecule has 3 N–H and O–H groups in total. The van der Waals surface area contributed by atoms with Crippen molar-refractivity contribution in [2.75, 3.05) is 27.9 Å². The fraction of sp³-hybridized carbons (Fsp3) is 0.818. The number of amides is 1. The first kappa shape index (κ1) is 47.3. The second-order valence-electron chi connectivity index (χ2n) is 17.7. The largest absolute Gasteiger partial charge is 0.392 e. The number of carbonyl (C=O) groups excluding carboxylic acids is 4. The highest BCUT2D eigenvalue weighted by Gasteiger charge is 2.56. The Labute approximate surface area is 339 Å². The van der Waals surface area contributed by atoms with Crippen molar-refractivity contribution in [2.24, 2.45) is 29.6 Å². The summed E-state index contributed by atoms with van der Waals surface area (Å²) in [4.78, 5) is 56.2. The van der Waals surface area contributed by atoms with Crippen LogP contribution in [-0.4, -0.2) is 126 Å². The van der Waals surface area contributed by atoms with Gasteiger partial charge in [0, 0.05) is 58.5 Å². The van der Waals surface area contributed by atoms with Crippen molar-refractivity contribution in [3.63, 3.8) is 0 Å². The maximum Gasteiger partial charge on any atom is 0.296 e. The van der Waals surface area contributed by atoms with Crippen molar-refractivity contribution in [3.8, 4) is 0 Å². The van der Waals surface area contributed by atoms with Crippen LogP contribution in [0.2, 0.25) is 0 Å². The lowest BCUT2D eigenvalue weighted by Crippen LogP contribution is -2.64. The van der Waals surface area contributed by atoms with Gasteiger partial charge < -0.3 is 43.9 Å². The first-order valence-electron chi connectivity index (χ1n) is 21.2. The van der Waals surface area contributed by atoms with Crippen LogP contribution in [0.1, 0.15) is 119 Å². The predicted octanol–water partition coefficient (Wildman–Crippen LogP) is 4.86. The maximum absolute atomic E-state index is 14.3. The van der Waals surface area contributed by atoms with Gasteiger partial charge in [-0.2, -0.15) is 0 Å². The van der Waals surface area contributed by atoms with E-state index in [4.69, 9.17) is 23.7 Å². The molecule has 1 saturated carbocycles. The van der Waals surface area contributed by atoms with E-state index in [1.807, 2.05) is 26.8 Å². The fourth-order valence-corrected chi connectivity index (χ4v) is 9.68. The molecule has 0 aromatic heterocycles. The minimum absolute atomic E-state index is 0.00591. The van der Waals surface area contributed by atoms with Crippen LogP contribution in [0, 0.1) is 29.6 Å². The molecule has 1 amide bonds. The van der Waals surface area contributed by atoms with Crippen molar-refractivity contribution in [1.29, 1.82) is 0 Å². The quantitative estimate of drug-likeness (QED) is 0.236. The number of ketones is 3. The minimum atomic E-state index is -2.49. The number of ether oxygens (including phenoxy) is 5. The Morgan fingerprint density at radius 3 is 2.26 bits per heavy atom. The molecule has 324 valence electrons. The average molecular weight is 806 g/mol. The van der Waals surface area contributed by atoms with E-state index in [-0.39, 0.29) is 55.3 Å². The van der Waals surface area contributed by atoms with Crippen LogP contribution < -0.4 is 0 Å². The molecule has 4 aliphatic rings. The van der Waals surface area contributed by atoms with E-state index in [2.05, 4.69) is 6.08 Å². The van der Waals surface area contributed by atoms with Crippen molar-refractivity contribution >= 4 is 23.3 Å². The number of hydrogen-bond acceptors (Lipinski definition) is 12. The molecular formula is C44H71NO12. The third kappa shape index (κ3) is 11.9. The zero-order valence-electron chi connectivity index (χ0n) is 35.8. The smallest absolute Gasteiger partial charge is 0.296 e. The monoisotopic (exact) mass is 805 g/mol. The van der Waals surface area contributed by atoms with Crippen LogP contribution in [0.15, 0.2) is 23.3 Å². The summed E-state index contributed by atoms with van der Waals surface area (Å²) in [5, 5.41) is 35.7. The van der Waals surface area contributed by atoms with E-state index in [1.54, 1.807) is 21.0 Å². The van der Waals surface area contributed by atoms with Crippen LogP contribution in [0.5, 0.6) is 0 Å². The molecule has 2 saturated heterocycles. The molecule has 14 atom stereocenters. The topological polar surface area (TPSA) is 178 Å². The number of rotatable bonds is 7. The number of allylic oxidation sites excluding steroid dienone is 3. The van der Waals surface area contributed by atoms with Crippen LogP contribution in [-0.2, 0) is 42.9 Å². The number of fused-ring (bicyclic) bond motifs is 3. The van der Waals surface area contributed by atoms with E-state index in [0.717, 1.165) is 36.8 Å². The number of carbonyl (C=O) groups is 4. The Kier molecular flexibility index (Phi) is 17.6. The number of methoxy groups -OCH3 is 3. The second kappa shape index (κ2) is 21.2. The highest BCUT2D eigenvalue weighted by atomic mass is 16.7. The van der Waals surface area contributed by atoms with E-state index >= 15 is 0 Å². The zero-order valence-corrected chi connectivity index (χ0v) is 35.8. The van der Waals surface area contributed by atoms with Gasteiger partial charge in [0.05, 0.1) is 36.6 Å². The maximum atomic E-state index is 14.3. The summed E-state index contributed by atoms with van der Waals surface area (Å²) in [7, 11) is 4.75. The minimum Gasteiger partial charge on any atom is -0.392 e. The summed E-state index contributed by atoms with van der Waals surface area (Å²) in [5.41, 5.74) is 1.64. The first-order chi connectivity index (χ1) is 26.9. The normalized spacial score (nSPS) is 41.1. The molecule has 3 aliphatic heterocycles. The average Bonchev–Trinajstić information content (AvgIpc) is 3.18. The summed E-state index contributed by atoms with van der Waals surface area (Å²) >= 11 is 0. The van der Waals surface area contributed by atoms with Gasteiger partial charge >= 0.3 is 0 Å². The molecule has 14 unspecified atom stereocenters. The molecule has 1 aliphatic carbocycles. The Bertz CT molecular complexity index is 1450. The standard InChI is InChI=1S/C44H71NO12/c1-25-17-26(2)19-37(54-8)40-38(55-9)21-28(4)44(52,57-40)41(49)42(50)45-16-11-10-15-34(45)43(51)56-39(27(3)20-31-13-12-14-33(23-31)53-7)30(6)35(47)24-36(48)32(18-25)22-29(5)46/h18,20,26,28,30-35,37-40,43,47,51-52H,10-17,19,21-24H2,1-9H3/b25-18+,27-20+. The summed E-state index contributed by atoms with van der Waals surface area (Å²) in [5.74, 6) is -7.13. The third-order valence-corrected chi connectivity index (χ3v) is 13.0. The van der Waals surface area contributed by atoms with Crippen molar-refractivity contribution in [1.82, 2.24) is 4.90 Å². The van der Waals surface area contributed by atoms with Gasteiger partial charge in [0.15, 0.2) is 6.29 Å². The number of Topliss-reactive ketones (excluding diaryl/α,β-unsaturated/α-hetero) is 3. The first-order valence-corrected chi connectivity index (χ1v) is 21.2. The molecule has 3 fully saturated rings. The van der Waals surface area contributed by atoms with E-state index in [1.165, 1.54) is 26.0 Å². The predicted molar refractivity (Wildman–Crippen MR) is 213 cm³/mol. The molecular weight excluding hydrogens is 734 g/mol. The molecule has 0 aromatic carbocycles. The van der Waals surface area contributed by atoms with Gasteiger partial charge in [-0.05, 0) is 96.0 Å². The van der Waals surface area contributed by atoms with Crippen LogP contribution in [0.4, 0.5) is 0 Å². The molecule has 2 bridgehead atoms. The van der Waals surface area contributed by atoms with Crippen molar-refractivity contribution in [3.05, 3.63) is 23.3 Å². The molecule has 13 nitrogen and oxygen atoms in total. The van der Waals surface area contributed by atoms with Gasteiger partial charge in [0.25, 0.3) is 11.7 Å². The van der Waals surface area contributed by atoms with Crippen LogP contribution in [0.25, 0.3) is 0 Å². The summed E-state index contributed by atoms with van der Waals surface area (Å²) in [6, 6.07) is -0.941. The molecule has 4 rings (SSSR count). The fourth-order valence-electron chi connectivity index (χ4n) is 9.68. The molecule has 0 radical (unpaired) electrons. The molecule has 0 spiro atoms. The van der Waals surface area contributed by atoms with Gasteiger partial charge in [-0.1, -0.05) is 44.9 Å². The van der Waals surface area contributed by atoms with Crippen LogP contribution in [0.3, 0.4) is 0 Å². The van der Waals surface area contributed by atoms with Gasteiger partial charge in [-0.3, -0.25) is 19.2 Å². The Morgan fingerprint density at radius 2 is 1.61 bits per heavy atom. The number of aliphatic hydroxyl groups is 3. The molecule has 0 aromatic rings. The van der Waals surface area contributed by atoms with Crippen molar-refractivity contribution in [2.45, 2.75) is 173 Å². The van der Waals surface area contributed by atoms with E-state index in [9.17, 15) is 34.5 Å². The van der Waals surface area contributed by atoms with Gasteiger partial charge in [-0.25, -0.2) is 0 Å². The molecule has 3 heterocycles. The lowest BCUT2D eigenvalue weighted by Gasteiger charge is -2.47. The Hall–Kier alpha value is -2.36. The number of nitrogens with zero attached hydrogens (tertiary/aromatic N) is 1. The number of aliphatic hydroxyl groups excluding tert-OH is 2. The zero-order chi connectivity index (χ0) is 42.2. The number of piperidine rings is 1.